The van der Waals surface area contributed by atoms with Crippen molar-refractivity contribution in [1.29, 1.82) is 0 Å². The summed E-state index contributed by atoms with van der Waals surface area (Å²) in [6.07, 6.45) is 0.953. The highest BCUT2D eigenvalue weighted by atomic mass is 19.1. The standard InChI is InChI=1S/C15H21FN2O/c1-10(2)15(19)18-14-9-17-8-7-13(14)11-3-5-12(16)6-4-11/h3-6,10,13-14,17H,7-9H2,1-2H3,(H,18,19). The van der Waals surface area contributed by atoms with Crippen molar-refractivity contribution < 1.29 is 9.18 Å². The van der Waals surface area contributed by atoms with Crippen LogP contribution >= 0.6 is 0 Å². The molecule has 0 radical (unpaired) electrons. The maximum Gasteiger partial charge on any atom is 0.222 e. The monoisotopic (exact) mass is 264 g/mol. The number of benzene rings is 1. The molecule has 1 aliphatic heterocycles. The summed E-state index contributed by atoms with van der Waals surface area (Å²) in [5, 5.41) is 6.39. The number of halogens is 1. The Morgan fingerprint density at radius 1 is 1.37 bits per heavy atom. The molecule has 2 rings (SSSR count). The number of carbonyl (C=O) groups is 1. The largest absolute Gasteiger partial charge is 0.351 e. The molecule has 1 aromatic rings. The highest BCUT2D eigenvalue weighted by Crippen LogP contribution is 2.26. The number of hydrogen-bond donors (Lipinski definition) is 2. The minimum absolute atomic E-state index is 0.0178. The Morgan fingerprint density at radius 2 is 2.05 bits per heavy atom. The van der Waals surface area contributed by atoms with E-state index in [1.54, 1.807) is 0 Å². The van der Waals surface area contributed by atoms with Gasteiger partial charge in [-0.2, -0.15) is 0 Å². The van der Waals surface area contributed by atoms with Gasteiger partial charge >= 0.3 is 0 Å². The summed E-state index contributed by atoms with van der Waals surface area (Å²) in [5.41, 5.74) is 1.09. The second-order valence-corrected chi connectivity index (χ2v) is 5.42. The van der Waals surface area contributed by atoms with Gasteiger partial charge in [0.1, 0.15) is 5.82 Å². The molecule has 1 saturated heterocycles. The SMILES string of the molecule is CC(C)C(=O)NC1CNCCC1c1ccc(F)cc1. The van der Waals surface area contributed by atoms with Crippen LogP contribution in [0.5, 0.6) is 0 Å². The number of amides is 1. The average Bonchev–Trinajstić information content (AvgIpc) is 2.40. The fourth-order valence-electron chi connectivity index (χ4n) is 2.47. The van der Waals surface area contributed by atoms with Crippen LogP contribution < -0.4 is 10.6 Å². The van der Waals surface area contributed by atoms with Gasteiger partial charge in [-0.3, -0.25) is 4.79 Å². The van der Waals surface area contributed by atoms with Crippen molar-refractivity contribution in [3.8, 4) is 0 Å². The van der Waals surface area contributed by atoms with Crippen LogP contribution in [0, 0.1) is 11.7 Å². The first kappa shape index (κ1) is 14.0. The molecule has 4 heteroatoms. The summed E-state index contributed by atoms with van der Waals surface area (Å²) in [5.74, 6) is 0.0848. The lowest BCUT2D eigenvalue weighted by molar-refractivity contribution is -0.124. The van der Waals surface area contributed by atoms with E-state index in [2.05, 4.69) is 10.6 Å². The van der Waals surface area contributed by atoms with Crippen LogP contribution in [0.2, 0.25) is 0 Å². The Kier molecular flexibility index (Phi) is 4.53. The lowest BCUT2D eigenvalue weighted by Crippen LogP contribution is -2.50. The molecular weight excluding hydrogens is 243 g/mol. The Labute approximate surface area is 113 Å². The Bertz CT molecular complexity index is 430. The number of piperidine rings is 1. The summed E-state index contributed by atoms with van der Waals surface area (Å²) in [7, 11) is 0. The zero-order chi connectivity index (χ0) is 13.8. The first-order valence-corrected chi connectivity index (χ1v) is 6.84. The summed E-state index contributed by atoms with van der Waals surface area (Å²) >= 11 is 0. The molecule has 0 saturated carbocycles. The number of hydrogen-bond acceptors (Lipinski definition) is 2. The van der Waals surface area contributed by atoms with Crippen molar-refractivity contribution in [3.05, 3.63) is 35.6 Å². The smallest absolute Gasteiger partial charge is 0.222 e. The van der Waals surface area contributed by atoms with E-state index in [4.69, 9.17) is 0 Å². The minimum Gasteiger partial charge on any atom is -0.351 e. The Morgan fingerprint density at radius 3 is 2.68 bits per heavy atom. The molecule has 1 aliphatic rings. The predicted octanol–water partition coefficient (Wildman–Crippen LogP) is 2.04. The average molecular weight is 264 g/mol. The maximum atomic E-state index is 13.0. The zero-order valence-electron chi connectivity index (χ0n) is 11.4. The predicted molar refractivity (Wildman–Crippen MR) is 73.4 cm³/mol. The van der Waals surface area contributed by atoms with E-state index in [1.165, 1.54) is 12.1 Å². The third-order valence-corrected chi connectivity index (χ3v) is 3.63. The van der Waals surface area contributed by atoms with Gasteiger partial charge in [-0.15, -0.1) is 0 Å². The minimum atomic E-state index is -0.222. The second-order valence-electron chi connectivity index (χ2n) is 5.42. The van der Waals surface area contributed by atoms with Crippen molar-refractivity contribution in [1.82, 2.24) is 10.6 Å². The second kappa shape index (κ2) is 6.15. The van der Waals surface area contributed by atoms with Crippen molar-refractivity contribution in [2.45, 2.75) is 32.2 Å². The van der Waals surface area contributed by atoms with Crippen LogP contribution in [0.1, 0.15) is 31.7 Å². The van der Waals surface area contributed by atoms with Gasteiger partial charge < -0.3 is 10.6 Å². The van der Waals surface area contributed by atoms with Gasteiger partial charge in [0.25, 0.3) is 0 Å². The van der Waals surface area contributed by atoms with E-state index in [-0.39, 0.29) is 29.6 Å². The van der Waals surface area contributed by atoms with Crippen LogP contribution in [-0.4, -0.2) is 25.0 Å². The van der Waals surface area contributed by atoms with E-state index < -0.39 is 0 Å². The van der Waals surface area contributed by atoms with Crippen molar-refractivity contribution >= 4 is 5.91 Å². The summed E-state index contributed by atoms with van der Waals surface area (Å²) in [4.78, 5) is 11.8. The molecule has 0 aliphatic carbocycles. The van der Waals surface area contributed by atoms with Crippen LogP contribution in [-0.2, 0) is 4.79 Å². The maximum absolute atomic E-state index is 13.0. The van der Waals surface area contributed by atoms with Gasteiger partial charge in [-0.1, -0.05) is 26.0 Å². The van der Waals surface area contributed by atoms with Gasteiger partial charge in [-0.25, -0.2) is 4.39 Å². The molecule has 0 aromatic heterocycles. The highest BCUT2D eigenvalue weighted by molar-refractivity contribution is 5.78. The lowest BCUT2D eigenvalue weighted by atomic mass is 9.86. The fourth-order valence-corrected chi connectivity index (χ4v) is 2.47. The zero-order valence-corrected chi connectivity index (χ0v) is 11.4. The Balaban J connectivity index is 2.11. The topological polar surface area (TPSA) is 41.1 Å². The number of carbonyl (C=O) groups excluding carboxylic acids is 1. The van der Waals surface area contributed by atoms with Crippen molar-refractivity contribution in [3.63, 3.8) is 0 Å². The molecule has 2 unspecified atom stereocenters. The molecule has 1 aromatic carbocycles. The molecule has 1 heterocycles. The first-order valence-electron chi connectivity index (χ1n) is 6.84. The third kappa shape index (κ3) is 3.53. The molecule has 3 nitrogen and oxygen atoms in total. The normalized spacial score (nSPS) is 23.4. The van der Waals surface area contributed by atoms with Crippen molar-refractivity contribution in [2.24, 2.45) is 5.92 Å². The molecule has 2 atom stereocenters. The number of rotatable bonds is 3. The van der Waals surface area contributed by atoms with E-state index in [0.29, 0.717) is 0 Å². The summed E-state index contributed by atoms with van der Waals surface area (Å²) in [6.45, 7) is 5.47. The van der Waals surface area contributed by atoms with Crippen molar-refractivity contribution in [2.75, 3.05) is 13.1 Å². The molecule has 1 fully saturated rings. The molecule has 1 amide bonds. The molecule has 104 valence electrons. The quantitative estimate of drug-likeness (QED) is 0.877. The molecule has 0 spiro atoms. The van der Waals surface area contributed by atoms with Crippen LogP contribution in [0.25, 0.3) is 0 Å². The molecular formula is C15H21FN2O. The molecule has 2 N–H and O–H groups in total. The van der Waals surface area contributed by atoms with Gasteiger partial charge in [0.15, 0.2) is 0 Å². The Hall–Kier alpha value is -1.42. The first-order chi connectivity index (χ1) is 9.08. The summed E-state index contributed by atoms with van der Waals surface area (Å²) in [6, 6.07) is 6.69. The molecule has 19 heavy (non-hydrogen) atoms. The van der Waals surface area contributed by atoms with Gasteiger partial charge in [-0.05, 0) is 30.7 Å². The van der Waals surface area contributed by atoms with E-state index in [1.807, 2.05) is 26.0 Å². The van der Waals surface area contributed by atoms with Gasteiger partial charge in [0.05, 0.1) is 0 Å². The highest BCUT2D eigenvalue weighted by Gasteiger charge is 2.28. The summed E-state index contributed by atoms with van der Waals surface area (Å²) < 4.78 is 13.0. The number of nitrogens with one attached hydrogen (secondary N) is 2. The van der Waals surface area contributed by atoms with E-state index >= 15 is 0 Å². The van der Waals surface area contributed by atoms with Crippen LogP contribution in [0.4, 0.5) is 4.39 Å². The van der Waals surface area contributed by atoms with Crippen LogP contribution in [0.3, 0.4) is 0 Å². The van der Waals surface area contributed by atoms with Gasteiger partial charge in [0, 0.05) is 24.4 Å². The van der Waals surface area contributed by atoms with Gasteiger partial charge in [0.2, 0.25) is 5.91 Å². The van der Waals surface area contributed by atoms with Crippen LogP contribution in [0.15, 0.2) is 24.3 Å². The van der Waals surface area contributed by atoms with E-state index in [0.717, 1.165) is 25.1 Å². The third-order valence-electron chi connectivity index (χ3n) is 3.63. The lowest BCUT2D eigenvalue weighted by Gasteiger charge is -2.33. The fraction of sp³-hybridized carbons (Fsp3) is 0.533. The van der Waals surface area contributed by atoms with E-state index in [9.17, 15) is 9.18 Å². The molecule has 0 bridgehead atoms.